The second-order valence-corrected chi connectivity index (χ2v) is 4.55. The van der Waals surface area contributed by atoms with Crippen molar-refractivity contribution in [2.24, 2.45) is 5.73 Å². The molecule has 0 aromatic rings. The molecule has 1 aliphatic carbocycles. The first kappa shape index (κ1) is 12.9. The fourth-order valence-corrected chi connectivity index (χ4v) is 2.52. The molecule has 0 amide bonds. The first-order chi connectivity index (χ1) is 7.38. The van der Waals surface area contributed by atoms with Crippen molar-refractivity contribution < 1.29 is 5.11 Å². The molecule has 15 heavy (non-hydrogen) atoms. The molecule has 0 unspecified atom stereocenters. The van der Waals surface area contributed by atoms with Crippen LogP contribution in [-0.2, 0) is 0 Å². The number of hydrogen-bond acceptors (Lipinski definition) is 3. The Labute approximate surface area is 93.6 Å². The van der Waals surface area contributed by atoms with Gasteiger partial charge in [-0.1, -0.05) is 25.7 Å². The third-order valence-electron chi connectivity index (χ3n) is 3.38. The van der Waals surface area contributed by atoms with Gasteiger partial charge in [0.05, 0.1) is 6.61 Å². The average molecular weight is 214 g/mol. The Kier molecular flexibility index (Phi) is 6.98. The molecule has 0 saturated heterocycles. The van der Waals surface area contributed by atoms with E-state index in [1.54, 1.807) is 0 Å². The van der Waals surface area contributed by atoms with Crippen LogP contribution >= 0.6 is 0 Å². The average Bonchev–Trinajstić information content (AvgIpc) is 2.52. The first-order valence-electron chi connectivity index (χ1n) is 6.43. The fourth-order valence-electron chi connectivity index (χ4n) is 2.52. The van der Waals surface area contributed by atoms with Crippen LogP contribution in [0.2, 0.25) is 0 Å². The van der Waals surface area contributed by atoms with E-state index in [9.17, 15) is 0 Å². The summed E-state index contributed by atoms with van der Waals surface area (Å²) in [6.45, 7) is 2.92. The van der Waals surface area contributed by atoms with Crippen molar-refractivity contribution in [3.8, 4) is 0 Å². The monoisotopic (exact) mass is 214 g/mol. The molecule has 1 rings (SSSR count). The number of rotatable bonds is 6. The maximum atomic E-state index is 9.06. The predicted molar refractivity (Wildman–Crippen MR) is 63.8 cm³/mol. The lowest BCUT2D eigenvalue weighted by molar-refractivity contribution is 0.138. The molecule has 3 nitrogen and oxygen atoms in total. The normalized spacial score (nSPS) is 19.4. The molecule has 0 heterocycles. The van der Waals surface area contributed by atoms with Crippen molar-refractivity contribution in [1.29, 1.82) is 0 Å². The Bertz CT molecular complexity index is 145. The Hall–Kier alpha value is -0.120. The van der Waals surface area contributed by atoms with E-state index < -0.39 is 0 Å². The third kappa shape index (κ3) is 4.96. The molecular formula is C12H26N2O. The summed E-state index contributed by atoms with van der Waals surface area (Å²) in [5, 5.41) is 9.06. The Morgan fingerprint density at radius 1 is 1.07 bits per heavy atom. The van der Waals surface area contributed by atoms with Crippen LogP contribution in [0.25, 0.3) is 0 Å². The van der Waals surface area contributed by atoms with Gasteiger partial charge in [-0.3, -0.25) is 4.90 Å². The number of aliphatic hydroxyl groups is 1. The van der Waals surface area contributed by atoms with Crippen molar-refractivity contribution in [1.82, 2.24) is 4.90 Å². The van der Waals surface area contributed by atoms with Crippen molar-refractivity contribution in [2.75, 3.05) is 26.2 Å². The van der Waals surface area contributed by atoms with E-state index in [4.69, 9.17) is 10.8 Å². The molecule has 0 aliphatic heterocycles. The van der Waals surface area contributed by atoms with Crippen LogP contribution in [0, 0.1) is 0 Å². The van der Waals surface area contributed by atoms with Crippen LogP contribution in [0.4, 0.5) is 0 Å². The van der Waals surface area contributed by atoms with E-state index in [-0.39, 0.29) is 6.61 Å². The summed E-state index contributed by atoms with van der Waals surface area (Å²) in [5.41, 5.74) is 5.54. The van der Waals surface area contributed by atoms with E-state index in [0.29, 0.717) is 6.04 Å². The highest BCUT2D eigenvalue weighted by molar-refractivity contribution is 4.74. The lowest BCUT2D eigenvalue weighted by Gasteiger charge is -2.30. The summed E-state index contributed by atoms with van der Waals surface area (Å²) in [4.78, 5) is 2.44. The van der Waals surface area contributed by atoms with Crippen molar-refractivity contribution in [2.45, 2.75) is 51.0 Å². The van der Waals surface area contributed by atoms with Gasteiger partial charge in [0.25, 0.3) is 0 Å². The summed E-state index contributed by atoms with van der Waals surface area (Å²) >= 11 is 0. The SMILES string of the molecule is NCCCN(CCO)C1CCCCCC1. The first-order valence-corrected chi connectivity index (χ1v) is 6.43. The quantitative estimate of drug-likeness (QED) is 0.656. The second kappa shape index (κ2) is 8.08. The molecule has 3 heteroatoms. The molecule has 0 radical (unpaired) electrons. The molecule has 90 valence electrons. The van der Waals surface area contributed by atoms with Gasteiger partial charge >= 0.3 is 0 Å². The summed E-state index contributed by atoms with van der Waals surface area (Å²) < 4.78 is 0. The molecule has 3 N–H and O–H groups in total. The van der Waals surface area contributed by atoms with Crippen LogP contribution in [0.15, 0.2) is 0 Å². The summed E-state index contributed by atoms with van der Waals surface area (Å²) in [7, 11) is 0. The minimum absolute atomic E-state index is 0.279. The minimum Gasteiger partial charge on any atom is -0.395 e. The molecule has 0 spiro atoms. The van der Waals surface area contributed by atoms with E-state index in [0.717, 1.165) is 26.1 Å². The van der Waals surface area contributed by atoms with Gasteiger partial charge in [0.15, 0.2) is 0 Å². The van der Waals surface area contributed by atoms with Gasteiger partial charge in [0.2, 0.25) is 0 Å². The number of aliphatic hydroxyl groups excluding tert-OH is 1. The Morgan fingerprint density at radius 2 is 1.73 bits per heavy atom. The largest absolute Gasteiger partial charge is 0.395 e. The van der Waals surface area contributed by atoms with Gasteiger partial charge in [-0.2, -0.15) is 0 Å². The zero-order chi connectivity index (χ0) is 10.9. The van der Waals surface area contributed by atoms with Gasteiger partial charge in [0, 0.05) is 12.6 Å². The zero-order valence-electron chi connectivity index (χ0n) is 9.83. The van der Waals surface area contributed by atoms with E-state index >= 15 is 0 Å². The van der Waals surface area contributed by atoms with Crippen molar-refractivity contribution >= 4 is 0 Å². The minimum atomic E-state index is 0.279. The molecule has 0 atom stereocenters. The molecule has 1 saturated carbocycles. The standard InChI is InChI=1S/C12H26N2O/c13-8-5-9-14(10-11-15)12-6-3-1-2-4-7-12/h12,15H,1-11,13H2. The highest BCUT2D eigenvalue weighted by Gasteiger charge is 2.18. The van der Waals surface area contributed by atoms with Crippen molar-refractivity contribution in [3.05, 3.63) is 0 Å². The number of nitrogens with zero attached hydrogens (tertiary/aromatic N) is 1. The topological polar surface area (TPSA) is 49.5 Å². The molecule has 0 aromatic heterocycles. The fraction of sp³-hybridized carbons (Fsp3) is 1.00. The highest BCUT2D eigenvalue weighted by Crippen LogP contribution is 2.21. The Morgan fingerprint density at radius 3 is 2.27 bits per heavy atom. The highest BCUT2D eigenvalue weighted by atomic mass is 16.3. The smallest absolute Gasteiger partial charge is 0.0558 e. The number of hydrogen-bond donors (Lipinski definition) is 2. The van der Waals surface area contributed by atoms with Crippen LogP contribution in [0.3, 0.4) is 0 Å². The second-order valence-electron chi connectivity index (χ2n) is 4.55. The lowest BCUT2D eigenvalue weighted by Crippen LogP contribution is -2.38. The lowest BCUT2D eigenvalue weighted by atomic mass is 10.1. The molecular weight excluding hydrogens is 188 g/mol. The van der Waals surface area contributed by atoms with Gasteiger partial charge < -0.3 is 10.8 Å². The van der Waals surface area contributed by atoms with Crippen LogP contribution in [0.5, 0.6) is 0 Å². The van der Waals surface area contributed by atoms with Gasteiger partial charge in [-0.05, 0) is 32.4 Å². The maximum Gasteiger partial charge on any atom is 0.0558 e. The van der Waals surface area contributed by atoms with E-state index in [2.05, 4.69) is 4.90 Å². The third-order valence-corrected chi connectivity index (χ3v) is 3.38. The molecule has 0 bridgehead atoms. The van der Waals surface area contributed by atoms with Crippen molar-refractivity contribution in [3.63, 3.8) is 0 Å². The Balaban J connectivity index is 2.36. The summed E-state index contributed by atoms with van der Waals surface area (Å²) in [6.07, 6.45) is 9.16. The molecule has 1 fully saturated rings. The zero-order valence-corrected chi connectivity index (χ0v) is 9.83. The summed E-state index contributed by atoms with van der Waals surface area (Å²) in [5.74, 6) is 0. The van der Waals surface area contributed by atoms with Crippen LogP contribution in [-0.4, -0.2) is 42.3 Å². The summed E-state index contributed by atoms with van der Waals surface area (Å²) in [6, 6.07) is 0.700. The van der Waals surface area contributed by atoms with Crippen LogP contribution in [0.1, 0.15) is 44.9 Å². The molecule has 1 aliphatic rings. The van der Waals surface area contributed by atoms with Crippen LogP contribution < -0.4 is 5.73 Å². The maximum absolute atomic E-state index is 9.06. The van der Waals surface area contributed by atoms with Gasteiger partial charge in [0.1, 0.15) is 0 Å². The number of nitrogens with two attached hydrogens (primary N) is 1. The predicted octanol–water partition coefficient (Wildman–Crippen LogP) is 1.35. The van der Waals surface area contributed by atoms with Gasteiger partial charge in [-0.15, -0.1) is 0 Å². The van der Waals surface area contributed by atoms with E-state index in [1.807, 2.05) is 0 Å². The molecule has 0 aromatic carbocycles. The van der Waals surface area contributed by atoms with E-state index in [1.165, 1.54) is 38.5 Å². The van der Waals surface area contributed by atoms with Gasteiger partial charge in [-0.25, -0.2) is 0 Å².